The van der Waals surface area contributed by atoms with Crippen LogP contribution in [-0.2, 0) is 14.3 Å². The number of hydrogen-bond donors (Lipinski definition) is 4. The van der Waals surface area contributed by atoms with Gasteiger partial charge in [-0.3, -0.25) is 4.79 Å². The van der Waals surface area contributed by atoms with E-state index in [1.807, 2.05) is 48.5 Å². The van der Waals surface area contributed by atoms with Crippen LogP contribution in [0, 0.1) is 5.92 Å². The molecule has 0 heterocycles. The molecule has 0 saturated heterocycles. The number of benzene rings is 2. The van der Waals surface area contributed by atoms with E-state index in [1.54, 1.807) is 13.8 Å². The molecule has 8 heteroatoms. The van der Waals surface area contributed by atoms with Crippen molar-refractivity contribution in [3.8, 4) is 11.1 Å². The number of aliphatic hydroxyl groups excluding tert-OH is 1. The van der Waals surface area contributed by atoms with Gasteiger partial charge in [0.1, 0.15) is 12.6 Å². The predicted octanol–water partition coefficient (Wildman–Crippen LogP) is 2.50. The molecule has 1 unspecified atom stereocenters. The normalized spacial score (nSPS) is 14.2. The molecule has 4 N–H and O–H groups in total. The molecule has 1 aliphatic carbocycles. The molecule has 1 aliphatic rings. The third-order valence-corrected chi connectivity index (χ3v) is 5.50. The van der Waals surface area contributed by atoms with Crippen molar-refractivity contribution in [1.82, 2.24) is 10.6 Å². The fourth-order valence-electron chi connectivity index (χ4n) is 3.88. The van der Waals surface area contributed by atoms with E-state index in [0.29, 0.717) is 0 Å². The summed E-state index contributed by atoms with van der Waals surface area (Å²) in [5, 5.41) is 24.0. The number of carbonyl (C=O) groups is 3. The molecule has 2 atom stereocenters. The highest BCUT2D eigenvalue weighted by atomic mass is 16.5. The van der Waals surface area contributed by atoms with Crippen molar-refractivity contribution < 1.29 is 29.3 Å². The number of aliphatic carboxylic acids is 1. The van der Waals surface area contributed by atoms with E-state index in [1.165, 1.54) is 0 Å². The van der Waals surface area contributed by atoms with Crippen LogP contribution in [0.4, 0.5) is 4.79 Å². The molecule has 3 rings (SSSR count). The first-order valence-electron chi connectivity index (χ1n) is 10.6. The van der Waals surface area contributed by atoms with Crippen LogP contribution < -0.4 is 10.6 Å². The Morgan fingerprint density at radius 1 is 1.00 bits per heavy atom. The van der Waals surface area contributed by atoms with Crippen LogP contribution in [-0.4, -0.2) is 53.5 Å². The average molecular weight is 440 g/mol. The lowest BCUT2D eigenvalue weighted by molar-refractivity contribution is -0.143. The van der Waals surface area contributed by atoms with Gasteiger partial charge in [-0.2, -0.15) is 0 Å². The van der Waals surface area contributed by atoms with Crippen molar-refractivity contribution in [3.05, 3.63) is 59.7 Å². The van der Waals surface area contributed by atoms with Crippen LogP contribution in [0.2, 0.25) is 0 Å². The van der Waals surface area contributed by atoms with Gasteiger partial charge in [0.15, 0.2) is 0 Å². The van der Waals surface area contributed by atoms with Gasteiger partial charge in [0.05, 0.1) is 12.5 Å². The first-order valence-corrected chi connectivity index (χ1v) is 10.6. The highest BCUT2D eigenvalue weighted by Crippen LogP contribution is 2.44. The molecule has 0 aliphatic heterocycles. The van der Waals surface area contributed by atoms with Crippen LogP contribution in [0.25, 0.3) is 11.1 Å². The van der Waals surface area contributed by atoms with Gasteiger partial charge < -0.3 is 25.6 Å². The molecular formula is C24H28N2O6. The predicted molar refractivity (Wildman–Crippen MR) is 118 cm³/mol. The van der Waals surface area contributed by atoms with Crippen molar-refractivity contribution in [1.29, 1.82) is 0 Å². The summed E-state index contributed by atoms with van der Waals surface area (Å²) in [6.45, 7) is 3.30. The van der Waals surface area contributed by atoms with Crippen molar-refractivity contribution >= 4 is 18.0 Å². The van der Waals surface area contributed by atoms with Gasteiger partial charge in [-0.1, -0.05) is 62.4 Å². The van der Waals surface area contributed by atoms with Crippen molar-refractivity contribution in [2.45, 2.75) is 38.3 Å². The molecule has 2 aromatic rings. The summed E-state index contributed by atoms with van der Waals surface area (Å²) in [4.78, 5) is 35.3. The number of fused-ring (bicyclic) bond motifs is 3. The smallest absolute Gasteiger partial charge is 0.407 e. The van der Waals surface area contributed by atoms with Crippen LogP contribution >= 0.6 is 0 Å². The fraction of sp³-hybridized carbons (Fsp3) is 0.375. The monoisotopic (exact) mass is 440 g/mol. The maximum atomic E-state index is 12.1. The molecule has 0 radical (unpaired) electrons. The molecule has 0 spiro atoms. The number of aliphatic hydroxyl groups is 1. The summed E-state index contributed by atoms with van der Waals surface area (Å²) in [7, 11) is 0. The lowest BCUT2D eigenvalue weighted by atomic mass is 9.98. The summed E-state index contributed by atoms with van der Waals surface area (Å²) < 4.78 is 5.38. The second-order valence-electron chi connectivity index (χ2n) is 8.19. The van der Waals surface area contributed by atoms with Gasteiger partial charge in [-0.25, -0.2) is 9.59 Å². The van der Waals surface area contributed by atoms with Crippen LogP contribution in [0.1, 0.15) is 37.3 Å². The van der Waals surface area contributed by atoms with Gasteiger partial charge >= 0.3 is 12.1 Å². The second-order valence-corrected chi connectivity index (χ2v) is 8.19. The quantitative estimate of drug-likeness (QED) is 0.475. The Morgan fingerprint density at radius 2 is 1.56 bits per heavy atom. The topological polar surface area (TPSA) is 125 Å². The molecular weight excluding hydrogens is 412 g/mol. The van der Waals surface area contributed by atoms with Gasteiger partial charge in [0.2, 0.25) is 5.91 Å². The molecule has 0 bridgehead atoms. The zero-order chi connectivity index (χ0) is 23.3. The fourth-order valence-corrected chi connectivity index (χ4v) is 3.88. The maximum Gasteiger partial charge on any atom is 0.407 e. The van der Waals surface area contributed by atoms with Gasteiger partial charge in [-0.05, 0) is 28.2 Å². The first-order chi connectivity index (χ1) is 15.3. The molecule has 2 amide bonds. The minimum atomic E-state index is -1.17. The lowest BCUT2D eigenvalue weighted by Crippen LogP contribution is -2.46. The van der Waals surface area contributed by atoms with Crippen LogP contribution in [0.5, 0.6) is 0 Å². The summed E-state index contributed by atoms with van der Waals surface area (Å²) in [5.74, 6) is -2.12. The molecule has 8 nitrogen and oxygen atoms in total. The third-order valence-electron chi connectivity index (χ3n) is 5.50. The Hall–Kier alpha value is -3.39. The van der Waals surface area contributed by atoms with E-state index in [9.17, 15) is 19.5 Å². The zero-order valence-corrected chi connectivity index (χ0v) is 18.1. The highest BCUT2D eigenvalue weighted by molar-refractivity contribution is 5.84. The van der Waals surface area contributed by atoms with E-state index in [2.05, 4.69) is 10.6 Å². The number of nitrogens with one attached hydrogen (secondary N) is 2. The second kappa shape index (κ2) is 10.3. The van der Waals surface area contributed by atoms with Crippen LogP contribution in [0.3, 0.4) is 0 Å². The first kappa shape index (κ1) is 23.3. The Kier molecular flexibility index (Phi) is 7.48. The highest BCUT2D eigenvalue weighted by Gasteiger charge is 2.29. The summed E-state index contributed by atoms with van der Waals surface area (Å²) in [6.07, 6.45) is -2.20. The number of ether oxygens (including phenoxy) is 1. The number of carboxylic acid groups (broad SMARTS) is 1. The van der Waals surface area contributed by atoms with E-state index in [0.717, 1.165) is 22.3 Å². The Bertz CT molecular complexity index is 944. The summed E-state index contributed by atoms with van der Waals surface area (Å²) in [5.41, 5.74) is 4.44. The Balaban J connectivity index is 1.48. The molecule has 0 fully saturated rings. The average Bonchev–Trinajstić information content (AvgIpc) is 3.08. The SMILES string of the molecule is CC(C)[C@H](NC(=O)CC(O)CNC(=O)OCC1c2ccccc2-c2ccccc21)C(=O)O. The summed E-state index contributed by atoms with van der Waals surface area (Å²) >= 11 is 0. The van der Waals surface area contributed by atoms with Gasteiger partial charge in [0, 0.05) is 12.5 Å². The van der Waals surface area contributed by atoms with E-state index >= 15 is 0 Å². The van der Waals surface area contributed by atoms with Crippen molar-refractivity contribution in [2.75, 3.05) is 13.2 Å². The lowest BCUT2D eigenvalue weighted by Gasteiger charge is -2.19. The van der Waals surface area contributed by atoms with Gasteiger partial charge in [0.25, 0.3) is 0 Å². The number of alkyl carbamates (subject to hydrolysis) is 1. The minimum absolute atomic E-state index is 0.0761. The van der Waals surface area contributed by atoms with E-state index in [-0.39, 0.29) is 31.4 Å². The van der Waals surface area contributed by atoms with Crippen molar-refractivity contribution in [2.24, 2.45) is 5.92 Å². The van der Waals surface area contributed by atoms with Crippen molar-refractivity contribution in [3.63, 3.8) is 0 Å². The maximum absolute atomic E-state index is 12.1. The number of rotatable bonds is 9. The largest absolute Gasteiger partial charge is 0.480 e. The molecule has 0 aromatic heterocycles. The van der Waals surface area contributed by atoms with Crippen LogP contribution in [0.15, 0.2) is 48.5 Å². The number of carbonyl (C=O) groups excluding carboxylic acids is 2. The Labute approximate surface area is 186 Å². The standard InChI is InChI=1S/C24H28N2O6/c1-14(2)22(23(29)30)26-21(28)11-15(27)12-25-24(31)32-13-20-18-9-5-3-7-16(18)17-8-4-6-10-19(17)20/h3-10,14-15,20,22,27H,11-13H2,1-2H3,(H,25,31)(H,26,28)(H,29,30)/t15?,22-/m0/s1. The molecule has 32 heavy (non-hydrogen) atoms. The number of hydrogen-bond acceptors (Lipinski definition) is 5. The molecule has 2 aromatic carbocycles. The number of carboxylic acids is 1. The molecule has 0 saturated carbocycles. The van der Waals surface area contributed by atoms with E-state index < -0.39 is 30.1 Å². The number of amides is 2. The molecule has 170 valence electrons. The third kappa shape index (κ3) is 5.45. The van der Waals surface area contributed by atoms with Gasteiger partial charge in [-0.15, -0.1) is 0 Å². The van der Waals surface area contributed by atoms with E-state index in [4.69, 9.17) is 9.84 Å². The summed E-state index contributed by atoms with van der Waals surface area (Å²) in [6, 6.07) is 14.9. The zero-order valence-electron chi connectivity index (χ0n) is 18.1. The Morgan fingerprint density at radius 3 is 2.09 bits per heavy atom. The minimum Gasteiger partial charge on any atom is -0.480 e.